The summed E-state index contributed by atoms with van der Waals surface area (Å²) in [6.45, 7) is 9.49. The second-order valence-electron chi connectivity index (χ2n) is 6.91. The van der Waals surface area contributed by atoms with Gasteiger partial charge in [-0.1, -0.05) is 34.1 Å². The topological polar surface area (TPSA) is 21.3 Å². The highest BCUT2D eigenvalue weighted by molar-refractivity contribution is 5.04. The number of hydrogen-bond donors (Lipinski definition) is 1. The molecule has 2 nitrogen and oxygen atoms in total. The Hall–Kier alpha value is -0.0800. The maximum Gasteiger partial charge on any atom is 0.0652 e. The summed E-state index contributed by atoms with van der Waals surface area (Å²) in [5, 5.41) is 3.93. The molecule has 0 aromatic heterocycles. The molecule has 0 aromatic carbocycles. The van der Waals surface area contributed by atoms with E-state index in [4.69, 9.17) is 4.74 Å². The van der Waals surface area contributed by atoms with Gasteiger partial charge in [0.2, 0.25) is 0 Å². The lowest BCUT2D eigenvalue weighted by Gasteiger charge is -2.54. The normalized spacial score (nSPS) is 45.4. The smallest absolute Gasteiger partial charge is 0.0652 e. The molecule has 2 aliphatic carbocycles. The average Bonchev–Trinajstić information content (AvgIpc) is 2.26. The minimum atomic E-state index is 0.297. The van der Waals surface area contributed by atoms with Gasteiger partial charge < -0.3 is 10.1 Å². The number of ether oxygens (including phenoxy) is 1. The van der Waals surface area contributed by atoms with Crippen molar-refractivity contribution in [2.75, 3.05) is 7.11 Å². The SMILES string of the molecule is COC1CC(NC2C(C)CCCC2C)C1(C)C. The van der Waals surface area contributed by atoms with E-state index in [1.165, 1.54) is 25.7 Å². The second kappa shape index (κ2) is 4.89. The second-order valence-corrected chi connectivity index (χ2v) is 6.91. The molecule has 2 aliphatic rings. The summed E-state index contributed by atoms with van der Waals surface area (Å²) in [7, 11) is 1.84. The van der Waals surface area contributed by atoms with E-state index in [0.29, 0.717) is 23.6 Å². The first-order valence-electron chi connectivity index (χ1n) is 7.25. The van der Waals surface area contributed by atoms with Gasteiger partial charge in [-0.25, -0.2) is 0 Å². The maximum absolute atomic E-state index is 5.53. The lowest BCUT2D eigenvalue weighted by molar-refractivity contribution is -0.104. The summed E-state index contributed by atoms with van der Waals surface area (Å²) >= 11 is 0. The molecule has 0 bridgehead atoms. The van der Waals surface area contributed by atoms with Gasteiger partial charge in [-0.3, -0.25) is 0 Å². The summed E-state index contributed by atoms with van der Waals surface area (Å²) in [6, 6.07) is 1.35. The van der Waals surface area contributed by atoms with Gasteiger partial charge in [-0.2, -0.15) is 0 Å². The molecule has 0 saturated heterocycles. The van der Waals surface area contributed by atoms with E-state index in [2.05, 4.69) is 33.0 Å². The van der Waals surface area contributed by atoms with Crippen LogP contribution in [0.15, 0.2) is 0 Å². The van der Waals surface area contributed by atoms with Gasteiger partial charge in [0.15, 0.2) is 0 Å². The third-order valence-electron chi connectivity index (χ3n) is 5.40. The molecule has 0 amide bonds. The van der Waals surface area contributed by atoms with E-state index >= 15 is 0 Å². The van der Waals surface area contributed by atoms with Gasteiger partial charge in [0.05, 0.1) is 6.10 Å². The molecule has 100 valence electrons. The first-order valence-corrected chi connectivity index (χ1v) is 7.25. The Kier molecular flexibility index (Phi) is 3.84. The molecule has 0 aliphatic heterocycles. The first kappa shape index (κ1) is 13.4. The van der Waals surface area contributed by atoms with E-state index in [9.17, 15) is 0 Å². The van der Waals surface area contributed by atoms with Crippen molar-refractivity contribution in [3.63, 3.8) is 0 Å². The van der Waals surface area contributed by atoms with Crippen molar-refractivity contribution in [1.29, 1.82) is 0 Å². The van der Waals surface area contributed by atoms with Gasteiger partial charge in [0, 0.05) is 24.6 Å². The summed E-state index contributed by atoms with van der Waals surface area (Å²) in [5.74, 6) is 1.66. The monoisotopic (exact) mass is 239 g/mol. The summed E-state index contributed by atoms with van der Waals surface area (Å²) < 4.78 is 5.53. The van der Waals surface area contributed by atoms with Crippen LogP contribution in [0.1, 0.15) is 53.4 Å². The van der Waals surface area contributed by atoms with Crippen LogP contribution < -0.4 is 5.32 Å². The molecular formula is C15H29NO. The summed E-state index contributed by atoms with van der Waals surface area (Å²) in [6.07, 6.45) is 5.81. The highest BCUT2D eigenvalue weighted by Crippen LogP contribution is 2.43. The molecule has 0 radical (unpaired) electrons. The van der Waals surface area contributed by atoms with Crippen LogP contribution in [-0.2, 0) is 4.74 Å². The molecule has 0 spiro atoms. The zero-order valence-electron chi connectivity index (χ0n) is 12.1. The predicted octanol–water partition coefficient (Wildman–Crippen LogP) is 3.21. The molecular weight excluding hydrogens is 210 g/mol. The first-order chi connectivity index (χ1) is 7.96. The Morgan fingerprint density at radius 1 is 1.12 bits per heavy atom. The van der Waals surface area contributed by atoms with Crippen molar-refractivity contribution in [3.05, 3.63) is 0 Å². The van der Waals surface area contributed by atoms with Crippen molar-refractivity contribution in [1.82, 2.24) is 5.32 Å². The highest BCUT2D eigenvalue weighted by Gasteiger charge is 2.49. The number of methoxy groups -OCH3 is 1. The fourth-order valence-electron chi connectivity index (χ4n) is 3.81. The van der Waals surface area contributed by atoms with Crippen LogP contribution in [0.3, 0.4) is 0 Å². The third kappa shape index (κ3) is 2.39. The Balaban J connectivity index is 1.93. The zero-order chi connectivity index (χ0) is 12.6. The van der Waals surface area contributed by atoms with Crippen molar-refractivity contribution >= 4 is 0 Å². The zero-order valence-corrected chi connectivity index (χ0v) is 12.1. The fourth-order valence-corrected chi connectivity index (χ4v) is 3.81. The number of hydrogen-bond acceptors (Lipinski definition) is 2. The van der Waals surface area contributed by atoms with Crippen LogP contribution in [0.25, 0.3) is 0 Å². The Morgan fingerprint density at radius 3 is 2.18 bits per heavy atom. The Morgan fingerprint density at radius 2 is 1.71 bits per heavy atom. The van der Waals surface area contributed by atoms with Crippen LogP contribution in [0.5, 0.6) is 0 Å². The fraction of sp³-hybridized carbons (Fsp3) is 1.00. The minimum Gasteiger partial charge on any atom is -0.381 e. The van der Waals surface area contributed by atoms with Gasteiger partial charge in [-0.05, 0) is 31.1 Å². The predicted molar refractivity (Wildman–Crippen MR) is 72.1 cm³/mol. The van der Waals surface area contributed by atoms with Crippen molar-refractivity contribution in [3.8, 4) is 0 Å². The molecule has 4 unspecified atom stereocenters. The summed E-state index contributed by atoms with van der Waals surface area (Å²) in [4.78, 5) is 0. The lowest BCUT2D eigenvalue weighted by atomic mass is 9.63. The minimum absolute atomic E-state index is 0.297. The number of nitrogens with one attached hydrogen (secondary N) is 1. The highest BCUT2D eigenvalue weighted by atomic mass is 16.5. The third-order valence-corrected chi connectivity index (χ3v) is 5.40. The van der Waals surface area contributed by atoms with Crippen LogP contribution in [0, 0.1) is 17.3 Å². The molecule has 2 heteroatoms. The van der Waals surface area contributed by atoms with Gasteiger partial charge >= 0.3 is 0 Å². The van der Waals surface area contributed by atoms with E-state index in [0.717, 1.165) is 11.8 Å². The lowest BCUT2D eigenvalue weighted by Crippen LogP contribution is -2.64. The van der Waals surface area contributed by atoms with Crippen LogP contribution in [0.4, 0.5) is 0 Å². The van der Waals surface area contributed by atoms with Crippen molar-refractivity contribution in [2.24, 2.45) is 17.3 Å². The Bertz CT molecular complexity index is 254. The van der Waals surface area contributed by atoms with Crippen LogP contribution in [-0.4, -0.2) is 25.3 Å². The summed E-state index contributed by atoms with van der Waals surface area (Å²) in [5.41, 5.74) is 0.297. The van der Waals surface area contributed by atoms with E-state index in [1.807, 2.05) is 7.11 Å². The van der Waals surface area contributed by atoms with Crippen LogP contribution >= 0.6 is 0 Å². The van der Waals surface area contributed by atoms with E-state index < -0.39 is 0 Å². The standard InChI is InChI=1S/C15H29NO/c1-10-7-6-8-11(2)14(10)16-12-9-13(17-5)15(12,3)4/h10-14,16H,6-9H2,1-5H3. The molecule has 0 heterocycles. The van der Waals surface area contributed by atoms with Gasteiger partial charge in [-0.15, -0.1) is 0 Å². The molecule has 2 saturated carbocycles. The maximum atomic E-state index is 5.53. The molecule has 17 heavy (non-hydrogen) atoms. The quantitative estimate of drug-likeness (QED) is 0.816. The number of rotatable bonds is 3. The molecule has 2 fully saturated rings. The van der Waals surface area contributed by atoms with Crippen LogP contribution in [0.2, 0.25) is 0 Å². The largest absolute Gasteiger partial charge is 0.381 e. The van der Waals surface area contributed by atoms with Gasteiger partial charge in [0.25, 0.3) is 0 Å². The molecule has 1 N–H and O–H groups in total. The van der Waals surface area contributed by atoms with E-state index in [-0.39, 0.29) is 0 Å². The van der Waals surface area contributed by atoms with E-state index in [1.54, 1.807) is 0 Å². The molecule has 2 rings (SSSR count). The van der Waals surface area contributed by atoms with Gasteiger partial charge in [0.1, 0.15) is 0 Å². The average molecular weight is 239 g/mol. The molecule has 4 atom stereocenters. The van der Waals surface area contributed by atoms with Crippen molar-refractivity contribution < 1.29 is 4.74 Å². The Labute approximate surface area is 107 Å². The molecule has 0 aromatic rings. The van der Waals surface area contributed by atoms with Crippen molar-refractivity contribution in [2.45, 2.75) is 71.6 Å².